The van der Waals surface area contributed by atoms with E-state index in [1.807, 2.05) is 29.6 Å². The van der Waals surface area contributed by atoms with Crippen molar-refractivity contribution in [1.29, 1.82) is 0 Å². The van der Waals surface area contributed by atoms with Crippen LogP contribution in [0.15, 0.2) is 53.9 Å². The molecular weight excluding hydrogens is 334 g/mol. The molecule has 2 aromatic heterocycles. The standard InChI is InChI=1S/C19H19N3O2S/c1-13-5-6-14(2)22(13)16-9-7-15(8-10-16)21-18(23)12-20-19(24)17-4-3-11-25-17/h3-11H,12H2,1-2H3,(H,20,24)(H,21,23). The smallest absolute Gasteiger partial charge is 0.261 e. The molecule has 25 heavy (non-hydrogen) atoms. The number of amides is 2. The van der Waals surface area contributed by atoms with Crippen molar-refractivity contribution < 1.29 is 9.59 Å². The highest BCUT2D eigenvalue weighted by Crippen LogP contribution is 2.18. The summed E-state index contributed by atoms with van der Waals surface area (Å²) in [6, 6.07) is 15.3. The lowest BCUT2D eigenvalue weighted by Gasteiger charge is -2.11. The van der Waals surface area contributed by atoms with Gasteiger partial charge in [0, 0.05) is 22.8 Å². The van der Waals surface area contributed by atoms with E-state index >= 15 is 0 Å². The zero-order valence-corrected chi connectivity index (χ0v) is 14.9. The Bertz CT molecular complexity index is 861. The van der Waals surface area contributed by atoms with Crippen LogP contribution in [0.5, 0.6) is 0 Å². The molecule has 128 valence electrons. The van der Waals surface area contributed by atoms with Gasteiger partial charge in [-0.2, -0.15) is 0 Å². The lowest BCUT2D eigenvalue weighted by atomic mass is 10.2. The molecule has 0 saturated heterocycles. The fourth-order valence-corrected chi connectivity index (χ4v) is 3.27. The van der Waals surface area contributed by atoms with Gasteiger partial charge in [-0.1, -0.05) is 6.07 Å². The largest absolute Gasteiger partial charge is 0.342 e. The van der Waals surface area contributed by atoms with E-state index in [0.717, 1.165) is 17.1 Å². The molecule has 0 atom stereocenters. The van der Waals surface area contributed by atoms with E-state index in [0.29, 0.717) is 10.6 Å². The number of carbonyl (C=O) groups excluding carboxylic acids is 2. The van der Waals surface area contributed by atoms with Crippen LogP contribution < -0.4 is 10.6 Å². The van der Waals surface area contributed by atoms with E-state index in [-0.39, 0.29) is 18.4 Å². The zero-order chi connectivity index (χ0) is 17.8. The highest BCUT2D eigenvalue weighted by Gasteiger charge is 2.09. The van der Waals surface area contributed by atoms with Crippen molar-refractivity contribution >= 4 is 28.8 Å². The zero-order valence-electron chi connectivity index (χ0n) is 14.1. The van der Waals surface area contributed by atoms with Crippen molar-refractivity contribution in [2.24, 2.45) is 0 Å². The number of anilines is 1. The van der Waals surface area contributed by atoms with Gasteiger partial charge in [0.25, 0.3) is 5.91 Å². The summed E-state index contributed by atoms with van der Waals surface area (Å²) in [5, 5.41) is 7.22. The molecule has 0 spiro atoms. The molecule has 0 saturated carbocycles. The molecule has 2 heterocycles. The van der Waals surface area contributed by atoms with Gasteiger partial charge >= 0.3 is 0 Å². The Morgan fingerprint density at radius 3 is 2.28 bits per heavy atom. The predicted molar refractivity (Wildman–Crippen MR) is 101 cm³/mol. The molecule has 3 aromatic rings. The van der Waals surface area contributed by atoms with E-state index in [1.165, 1.54) is 11.3 Å². The Kier molecular flexibility index (Phi) is 5.00. The predicted octanol–water partition coefficient (Wildman–Crippen LogP) is 3.52. The van der Waals surface area contributed by atoms with Crippen LogP contribution in [0.3, 0.4) is 0 Å². The first kappa shape index (κ1) is 17.0. The van der Waals surface area contributed by atoms with E-state index in [2.05, 4.69) is 41.2 Å². The van der Waals surface area contributed by atoms with Crippen LogP contribution in [0, 0.1) is 13.8 Å². The monoisotopic (exact) mass is 353 g/mol. The fraction of sp³-hybridized carbons (Fsp3) is 0.158. The van der Waals surface area contributed by atoms with Crippen LogP contribution in [-0.2, 0) is 4.79 Å². The second-order valence-electron chi connectivity index (χ2n) is 5.71. The third-order valence-corrected chi connectivity index (χ3v) is 4.70. The topological polar surface area (TPSA) is 63.1 Å². The number of nitrogens with one attached hydrogen (secondary N) is 2. The van der Waals surface area contributed by atoms with Crippen molar-refractivity contribution in [1.82, 2.24) is 9.88 Å². The molecule has 1 aromatic carbocycles. The van der Waals surface area contributed by atoms with Crippen LogP contribution in [0.25, 0.3) is 5.69 Å². The molecule has 6 heteroatoms. The number of aromatic nitrogens is 1. The molecule has 0 bridgehead atoms. The Hall–Kier alpha value is -2.86. The maximum atomic E-state index is 12.0. The molecule has 3 rings (SSSR count). The maximum absolute atomic E-state index is 12.0. The number of hydrogen-bond donors (Lipinski definition) is 2. The van der Waals surface area contributed by atoms with Crippen LogP contribution in [0.4, 0.5) is 5.69 Å². The van der Waals surface area contributed by atoms with E-state index < -0.39 is 0 Å². The van der Waals surface area contributed by atoms with Gasteiger partial charge in [-0.25, -0.2) is 0 Å². The molecule has 0 radical (unpaired) electrons. The van der Waals surface area contributed by atoms with E-state index in [4.69, 9.17) is 0 Å². The van der Waals surface area contributed by atoms with Crippen molar-refractivity contribution in [3.63, 3.8) is 0 Å². The summed E-state index contributed by atoms with van der Waals surface area (Å²) >= 11 is 1.34. The summed E-state index contributed by atoms with van der Waals surface area (Å²) in [5.74, 6) is -0.495. The van der Waals surface area contributed by atoms with Crippen molar-refractivity contribution in [3.05, 3.63) is 70.2 Å². The second kappa shape index (κ2) is 7.36. The number of rotatable bonds is 5. The fourth-order valence-electron chi connectivity index (χ4n) is 2.63. The quantitative estimate of drug-likeness (QED) is 0.737. The molecule has 5 nitrogen and oxygen atoms in total. The Labute approximate surface area is 150 Å². The average molecular weight is 353 g/mol. The number of benzene rings is 1. The maximum Gasteiger partial charge on any atom is 0.261 e. The van der Waals surface area contributed by atoms with Crippen LogP contribution >= 0.6 is 11.3 Å². The molecular formula is C19H19N3O2S. The van der Waals surface area contributed by atoms with Gasteiger partial charge in [-0.15, -0.1) is 11.3 Å². The molecule has 0 aliphatic rings. The van der Waals surface area contributed by atoms with Gasteiger partial charge in [-0.05, 0) is 61.7 Å². The van der Waals surface area contributed by atoms with Gasteiger partial charge < -0.3 is 15.2 Å². The number of aryl methyl sites for hydroxylation is 2. The van der Waals surface area contributed by atoms with Crippen molar-refractivity contribution in [3.8, 4) is 5.69 Å². The number of nitrogens with zero attached hydrogens (tertiary/aromatic N) is 1. The van der Waals surface area contributed by atoms with Crippen molar-refractivity contribution in [2.45, 2.75) is 13.8 Å². The van der Waals surface area contributed by atoms with Crippen LogP contribution in [-0.4, -0.2) is 22.9 Å². The lowest BCUT2D eigenvalue weighted by molar-refractivity contribution is -0.115. The van der Waals surface area contributed by atoms with Gasteiger partial charge in [0.15, 0.2) is 0 Å². The van der Waals surface area contributed by atoms with E-state index in [9.17, 15) is 9.59 Å². The van der Waals surface area contributed by atoms with Gasteiger partial charge in [0.05, 0.1) is 11.4 Å². The molecule has 0 unspecified atom stereocenters. The lowest BCUT2D eigenvalue weighted by Crippen LogP contribution is -2.32. The summed E-state index contributed by atoms with van der Waals surface area (Å²) < 4.78 is 2.15. The number of carbonyl (C=O) groups is 2. The third kappa shape index (κ3) is 3.97. The summed E-state index contributed by atoms with van der Waals surface area (Å²) in [4.78, 5) is 24.4. The highest BCUT2D eigenvalue weighted by molar-refractivity contribution is 7.12. The Balaban J connectivity index is 1.58. The molecule has 0 aliphatic carbocycles. The second-order valence-corrected chi connectivity index (χ2v) is 6.65. The molecule has 2 N–H and O–H groups in total. The minimum absolute atomic E-state index is 0.0612. The molecule has 2 amide bonds. The van der Waals surface area contributed by atoms with Gasteiger partial charge in [0.1, 0.15) is 0 Å². The van der Waals surface area contributed by atoms with Gasteiger partial charge in [-0.3, -0.25) is 9.59 Å². The van der Waals surface area contributed by atoms with E-state index in [1.54, 1.807) is 12.1 Å². The molecule has 0 aliphatic heterocycles. The number of thiophene rings is 1. The Morgan fingerprint density at radius 2 is 1.68 bits per heavy atom. The minimum atomic E-state index is -0.258. The summed E-state index contributed by atoms with van der Waals surface area (Å²) in [5.41, 5.74) is 4.06. The first-order valence-electron chi connectivity index (χ1n) is 7.91. The molecule has 0 fully saturated rings. The van der Waals surface area contributed by atoms with Crippen molar-refractivity contribution in [2.75, 3.05) is 11.9 Å². The third-order valence-electron chi connectivity index (χ3n) is 3.83. The number of hydrogen-bond acceptors (Lipinski definition) is 3. The normalized spacial score (nSPS) is 10.5. The summed E-state index contributed by atoms with van der Waals surface area (Å²) in [7, 11) is 0. The highest BCUT2D eigenvalue weighted by atomic mass is 32.1. The Morgan fingerprint density at radius 1 is 1.00 bits per heavy atom. The first-order valence-corrected chi connectivity index (χ1v) is 8.79. The SMILES string of the molecule is Cc1ccc(C)n1-c1ccc(NC(=O)CNC(=O)c2cccs2)cc1. The van der Waals surface area contributed by atoms with Crippen LogP contribution in [0.1, 0.15) is 21.1 Å². The first-order chi connectivity index (χ1) is 12.0. The van der Waals surface area contributed by atoms with Crippen LogP contribution in [0.2, 0.25) is 0 Å². The minimum Gasteiger partial charge on any atom is -0.342 e. The summed E-state index contributed by atoms with van der Waals surface area (Å²) in [6.07, 6.45) is 0. The summed E-state index contributed by atoms with van der Waals surface area (Å²) in [6.45, 7) is 4.05. The van der Waals surface area contributed by atoms with Gasteiger partial charge in [0.2, 0.25) is 5.91 Å². The average Bonchev–Trinajstić information content (AvgIpc) is 3.24.